The summed E-state index contributed by atoms with van der Waals surface area (Å²) in [5.41, 5.74) is 3.32. The van der Waals surface area contributed by atoms with Gasteiger partial charge in [-0.2, -0.15) is 0 Å². The molecule has 2 heterocycles. The highest BCUT2D eigenvalue weighted by atomic mass is 32.2. The number of thiazole rings is 1. The highest BCUT2D eigenvalue weighted by Crippen LogP contribution is 2.24. The quantitative estimate of drug-likeness (QED) is 0.379. The molecule has 0 aromatic carbocycles. The number of thioether (sulfide) groups is 1. The van der Waals surface area contributed by atoms with E-state index in [2.05, 4.69) is 15.4 Å². The van der Waals surface area contributed by atoms with Crippen LogP contribution >= 0.6 is 23.1 Å². The number of hydrogen-bond donors (Lipinski definition) is 2. The van der Waals surface area contributed by atoms with E-state index >= 15 is 0 Å². The topological polar surface area (TPSA) is 80.9 Å². The molecule has 0 saturated carbocycles. The van der Waals surface area contributed by atoms with Crippen LogP contribution < -0.4 is 11.3 Å². The molecule has 0 fully saturated rings. The Balaban J connectivity index is 2.12. The molecular formula is C10H10N4OS2. The average Bonchev–Trinajstić information content (AvgIpc) is 2.89. The van der Waals surface area contributed by atoms with Gasteiger partial charge < -0.3 is 0 Å². The van der Waals surface area contributed by atoms with Gasteiger partial charge in [0.1, 0.15) is 4.34 Å². The van der Waals surface area contributed by atoms with Crippen LogP contribution in [0.5, 0.6) is 0 Å². The van der Waals surface area contributed by atoms with Crippen molar-refractivity contribution in [3.05, 3.63) is 41.2 Å². The Morgan fingerprint density at radius 3 is 3.06 bits per heavy atom. The fourth-order valence-corrected chi connectivity index (χ4v) is 2.85. The third kappa shape index (κ3) is 3.02. The molecule has 88 valence electrons. The smallest absolute Gasteiger partial charge is 0.267 e. The molecule has 0 radical (unpaired) electrons. The van der Waals surface area contributed by atoms with Gasteiger partial charge in [0.15, 0.2) is 0 Å². The van der Waals surface area contributed by atoms with Crippen LogP contribution in [0, 0.1) is 0 Å². The first-order valence-corrected chi connectivity index (χ1v) is 6.65. The van der Waals surface area contributed by atoms with Crippen LogP contribution in [0.2, 0.25) is 0 Å². The minimum absolute atomic E-state index is 0.326. The molecule has 0 spiro atoms. The molecule has 2 aromatic rings. The molecule has 0 aliphatic rings. The zero-order valence-corrected chi connectivity index (χ0v) is 10.4. The molecule has 0 atom stereocenters. The summed E-state index contributed by atoms with van der Waals surface area (Å²) in [5, 5.41) is 1.91. The van der Waals surface area contributed by atoms with Crippen LogP contribution in [0.1, 0.15) is 16.1 Å². The second-order valence-electron chi connectivity index (χ2n) is 3.06. The molecule has 0 aliphatic carbocycles. The van der Waals surface area contributed by atoms with Crippen molar-refractivity contribution in [2.75, 3.05) is 0 Å². The summed E-state index contributed by atoms with van der Waals surface area (Å²) < 4.78 is 0.953. The van der Waals surface area contributed by atoms with E-state index in [1.807, 2.05) is 5.38 Å². The van der Waals surface area contributed by atoms with E-state index in [0.717, 1.165) is 4.34 Å². The van der Waals surface area contributed by atoms with Crippen LogP contribution in [-0.2, 0) is 5.75 Å². The maximum absolute atomic E-state index is 11.5. The number of aromatic nitrogens is 2. The molecule has 0 aliphatic heterocycles. The number of nitrogens with zero attached hydrogens (tertiary/aromatic N) is 2. The average molecular weight is 266 g/mol. The Labute approximate surface area is 106 Å². The molecule has 0 unspecified atom stereocenters. The zero-order valence-electron chi connectivity index (χ0n) is 8.79. The Morgan fingerprint density at radius 2 is 2.35 bits per heavy atom. The summed E-state index contributed by atoms with van der Waals surface area (Å²) in [5.74, 6) is 5.39. The first-order valence-electron chi connectivity index (χ1n) is 4.78. The molecular weight excluding hydrogens is 256 g/mol. The van der Waals surface area contributed by atoms with Gasteiger partial charge in [-0.1, -0.05) is 11.8 Å². The first-order chi connectivity index (χ1) is 8.31. The van der Waals surface area contributed by atoms with Gasteiger partial charge >= 0.3 is 0 Å². The number of hydrazine groups is 1. The van der Waals surface area contributed by atoms with Crippen LogP contribution in [0.25, 0.3) is 0 Å². The Bertz CT molecular complexity index is 501. The number of carbonyl (C=O) groups is 1. The van der Waals surface area contributed by atoms with E-state index in [0.29, 0.717) is 17.0 Å². The minimum Gasteiger partial charge on any atom is -0.290 e. The standard InChI is InChI=1S/C10H10N4OS2/c11-14-9(15)7-2-1-3-12-8(7)6-17-10-13-4-5-16-10/h1-5H,6,11H2,(H,14,15). The monoisotopic (exact) mass is 266 g/mol. The summed E-state index contributed by atoms with van der Waals surface area (Å²) in [7, 11) is 0. The van der Waals surface area contributed by atoms with Gasteiger partial charge in [-0.05, 0) is 12.1 Å². The number of nitrogens with two attached hydrogens (primary N) is 1. The SMILES string of the molecule is NNC(=O)c1cccnc1CSc1nccs1. The second-order valence-corrected chi connectivity index (χ2v) is 5.17. The molecule has 7 heteroatoms. The molecule has 2 aromatic heterocycles. The van der Waals surface area contributed by atoms with E-state index in [1.165, 1.54) is 0 Å². The van der Waals surface area contributed by atoms with Crippen LogP contribution in [0.15, 0.2) is 34.2 Å². The molecule has 2 rings (SSSR count). The lowest BCUT2D eigenvalue weighted by molar-refractivity contribution is 0.0952. The molecule has 0 saturated heterocycles. The van der Waals surface area contributed by atoms with Crippen LogP contribution in [0.4, 0.5) is 0 Å². The second kappa shape index (κ2) is 5.76. The van der Waals surface area contributed by atoms with Crippen LogP contribution in [0.3, 0.4) is 0 Å². The lowest BCUT2D eigenvalue weighted by Gasteiger charge is -2.05. The van der Waals surface area contributed by atoms with Gasteiger partial charge in [0.05, 0.1) is 11.3 Å². The molecule has 5 nitrogen and oxygen atoms in total. The molecule has 0 bridgehead atoms. The van der Waals surface area contributed by atoms with E-state index in [-0.39, 0.29) is 5.91 Å². The maximum atomic E-state index is 11.5. The van der Waals surface area contributed by atoms with Gasteiger partial charge in [-0.25, -0.2) is 10.8 Å². The normalized spacial score (nSPS) is 10.2. The lowest BCUT2D eigenvalue weighted by Crippen LogP contribution is -2.30. The van der Waals surface area contributed by atoms with Crippen molar-refractivity contribution in [1.82, 2.24) is 15.4 Å². The van der Waals surface area contributed by atoms with Crippen molar-refractivity contribution in [2.24, 2.45) is 5.84 Å². The van der Waals surface area contributed by atoms with E-state index in [1.54, 1.807) is 47.6 Å². The summed E-state index contributed by atoms with van der Waals surface area (Å²) in [6.07, 6.45) is 3.41. The number of nitrogen functional groups attached to an aromatic ring is 1. The predicted molar refractivity (Wildman–Crippen MR) is 67.6 cm³/mol. The molecule has 17 heavy (non-hydrogen) atoms. The fraction of sp³-hybridized carbons (Fsp3) is 0.100. The summed E-state index contributed by atoms with van der Waals surface area (Å²) in [4.78, 5) is 19.8. The van der Waals surface area contributed by atoms with E-state index in [4.69, 9.17) is 5.84 Å². The Kier molecular flexibility index (Phi) is 4.08. The first kappa shape index (κ1) is 12.0. The van der Waals surface area contributed by atoms with Crippen molar-refractivity contribution in [3.8, 4) is 0 Å². The summed E-state index contributed by atoms with van der Waals surface area (Å²) >= 11 is 3.11. The van der Waals surface area contributed by atoms with Crippen molar-refractivity contribution in [2.45, 2.75) is 10.1 Å². The van der Waals surface area contributed by atoms with Gasteiger partial charge in [0.2, 0.25) is 0 Å². The summed E-state index contributed by atoms with van der Waals surface area (Å²) in [6, 6.07) is 3.41. The van der Waals surface area contributed by atoms with Crippen molar-refractivity contribution < 1.29 is 4.79 Å². The third-order valence-corrected chi connectivity index (χ3v) is 3.99. The zero-order chi connectivity index (χ0) is 12.1. The Hall–Kier alpha value is -1.44. The number of nitrogens with one attached hydrogen (secondary N) is 1. The number of amides is 1. The summed E-state index contributed by atoms with van der Waals surface area (Å²) in [6.45, 7) is 0. The van der Waals surface area contributed by atoms with Gasteiger partial charge in [0, 0.05) is 23.5 Å². The van der Waals surface area contributed by atoms with Crippen molar-refractivity contribution in [1.29, 1.82) is 0 Å². The lowest BCUT2D eigenvalue weighted by atomic mass is 10.2. The van der Waals surface area contributed by atoms with Crippen LogP contribution in [-0.4, -0.2) is 15.9 Å². The highest BCUT2D eigenvalue weighted by Gasteiger charge is 2.11. The van der Waals surface area contributed by atoms with Crippen molar-refractivity contribution in [3.63, 3.8) is 0 Å². The number of rotatable bonds is 4. The minimum atomic E-state index is -0.326. The molecule has 3 N–H and O–H groups in total. The van der Waals surface area contributed by atoms with Crippen molar-refractivity contribution >= 4 is 29.0 Å². The maximum Gasteiger partial charge on any atom is 0.267 e. The van der Waals surface area contributed by atoms with E-state index in [9.17, 15) is 4.79 Å². The third-order valence-electron chi connectivity index (χ3n) is 2.01. The number of hydrogen-bond acceptors (Lipinski definition) is 6. The largest absolute Gasteiger partial charge is 0.290 e. The van der Waals surface area contributed by atoms with Gasteiger partial charge in [0.25, 0.3) is 5.91 Å². The molecule has 1 amide bonds. The number of carbonyl (C=O) groups excluding carboxylic acids is 1. The highest BCUT2D eigenvalue weighted by molar-refractivity contribution is 8.00. The van der Waals surface area contributed by atoms with Gasteiger partial charge in [-0.3, -0.25) is 15.2 Å². The van der Waals surface area contributed by atoms with E-state index < -0.39 is 0 Å². The fourth-order valence-electron chi connectivity index (χ4n) is 1.25. The predicted octanol–water partition coefficient (Wildman–Crippen LogP) is 1.43. The number of pyridine rings is 1. The Morgan fingerprint density at radius 1 is 1.47 bits per heavy atom. The van der Waals surface area contributed by atoms with Gasteiger partial charge in [-0.15, -0.1) is 11.3 Å².